The van der Waals surface area contributed by atoms with Crippen LogP contribution in [0.1, 0.15) is 50.8 Å². The third-order valence-electron chi connectivity index (χ3n) is 5.21. The molecule has 2 atom stereocenters. The quantitative estimate of drug-likeness (QED) is 0.610. The molecule has 1 fully saturated rings. The summed E-state index contributed by atoms with van der Waals surface area (Å²) in [6.45, 7) is 5.66. The van der Waals surface area contributed by atoms with Crippen molar-refractivity contribution in [3.8, 4) is 11.3 Å². The lowest BCUT2D eigenvalue weighted by Gasteiger charge is -2.24. The van der Waals surface area contributed by atoms with Gasteiger partial charge < -0.3 is 9.84 Å². The second-order valence-electron chi connectivity index (χ2n) is 8.24. The van der Waals surface area contributed by atoms with E-state index in [0.29, 0.717) is 22.5 Å². The Hall–Kier alpha value is -2.85. The van der Waals surface area contributed by atoms with Gasteiger partial charge in [0.1, 0.15) is 11.9 Å². The molecule has 33 heavy (non-hydrogen) atoms. The molecule has 1 N–H and O–H groups in total. The molecule has 2 aromatic rings. The first kappa shape index (κ1) is 24.8. The van der Waals surface area contributed by atoms with E-state index < -0.39 is 34.0 Å². The van der Waals surface area contributed by atoms with Crippen LogP contribution >= 0.6 is 0 Å². The average molecular weight is 478 g/mol. The zero-order valence-electron chi connectivity index (χ0n) is 19.0. The van der Waals surface area contributed by atoms with Crippen molar-refractivity contribution in [1.82, 2.24) is 9.97 Å². The van der Waals surface area contributed by atoms with E-state index in [9.17, 15) is 22.7 Å². The number of aliphatic hydroxyl groups is 1. The highest BCUT2D eigenvalue weighted by Gasteiger charge is 2.27. The minimum atomic E-state index is -3.63. The lowest BCUT2D eigenvalue weighted by molar-refractivity contribution is -0.156. The maximum absolute atomic E-state index is 13.6. The van der Waals surface area contributed by atoms with Crippen molar-refractivity contribution in [2.75, 3.05) is 17.1 Å². The topological polar surface area (TPSA) is 110 Å². The van der Waals surface area contributed by atoms with Gasteiger partial charge in [-0.3, -0.25) is 4.79 Å². The number of benzene rings is 1. The Bertz CT molecular complexity index is 1150. The molecule has 0 radical (unpaired) electrons. The minimum Gasteiger partial charge on any atom is -0.458 e. The second kappa shape index (κ2) is 9.96. The van der Waals surface area contributed by atoms with E-state index in [0.717, 1.165) is 10.6 Å². The Morgan fingerprint density at radius 2 is 1.94 bits per heavy atom. The third kappa shape index (κ3) is 5.94. The summed E-state index contributed by atoms with van der Waals surface area (Å²) >= 11 is 0. The molecule has 1 aliphatic heterocycles. The number of hydrogen-bond acceptors (Lipinski definition) is 7. The van der Waals surface area contributed by atoms with Crippen LogP contribution in [0.25, 0.3) is 17.3 Å². The monoisotopic (exact) mass is 477 g/mol. The number of aromatic nitrogens is 2. The molecule has 3 rings (SSSR count). The summed E-state index contributed by atoms with van der Waals surface area (Å²) in [6, 6.07) is 5.72. The van der Waals surface area contributed by atoms with Gasteiger partial charge in [-0.2, -0.15) is 0 Å². The molecule has 1 aliphatic rings. The normalized spacial score (nSPS) is 19.2. The van der Waals surface area contributed by atoms with Crippen LogP contribution in [0.2, 0.25) is 0 Å². The first-order valence-electron chi connectivity index (χ1n) is 10.7. The zero-order valence-corrected chi connectivity index (χ0v) is 19.8. The number of aliphatic hydroxyl groups excluding tert-OH is 1. The van der Waals surface area contributed by atoms with Gasteiger partial charge in [0.05, 0.1) is 30.2 Å². The lowest BCUT2D eigenvalue weighted by Crippen LogP contribution is -2.32. The summed E-state index contributed by atoms with van der Waals surface area (Å²) in [4.78, 5) is 20.8. The minimum absolute atomic E-state index is 0.0275. The molecule has 8 nitrogen and oxygen atoms in total. The summed E-state index contributed by atoms with van der Waals surface area (Å²) in [5.74, 6) is -0.976. The molecule has 0 amide bonds. The van der Waals surface area contributed by atoms with Crippen LogP contribution in [-0.2, 0) is 19.6 Å². The Balaban J connectivity index is 2.20. The van der Waals surface area contributed by atoms with Gasteiger partial charge in [-0.15, -0.1) is 0 Å². The summed E-state index contributed by atoms with van der Waals surface area (Å²) in [6.07, 6.45) is 3.28. The first-order chi connectivity index (χ1) is 15.5. The number of hydrogen-bond donors (Lipinski definition) is 1. The van der Waals surface area contributed by atoms with Crippen LogP contribution in [0, 0.1) is 5.82 Å². The van der Waals surface area contributed by atoms with E-state index >= 15 is 0 Å². The molecule has 0 saturated carbocycles. The molecule has 2 heterocycles. The van der Waals surface area contributed by atoms with Crippen molar-refractivity contribution in [2.24, 2.45) is 0 Å². The van der Waals surface area contributed by atoms with Crippen LogP contribution in [-0.4, -0.2) is 54.5 Å². The molecule has 0 aliphatic carbocycles. The molecule has 1 saturated heterocycles. The van der Waals surface area contributed by atoms with Crippen molar-refractivity contribution in [2.45, 2.75) is 51.7 Å². The Labute approximate surface area is 193 Å². The number of cyclic esters (lactones) is 1. The molecular weight excluding hydrogens is 449 g/mol. The standard InChI is InChI=1S/C23H28FN3O5S/c1-5-27(33(4,30)31)23-25-21(14(2)3)19(11-10-18-12-17(28)13-20(29)32-18)22(26-23)15-6-8-16(24)9-7-15/h6-11,14,17-18,28H,5,12-13H2,1-4H3. The van der Waals surface area contributed by atoms with Crippen molar-refractivity contribution in [1.29, 1.82) is 0 Å². The van der Waals surface area contributed by atoms with Crippen LogP contribution in [0.3, 0.4) is 0 Å². The Morgan fingerprint density at radius 1 is 1.27 bits per heavy atom. The second-order valence-corrected chi connectivity index (χ2v) is 10.1. The molecule has 1 aromatic heterocycles. The number of carbonyl (C=O) groups is 1. The number of sulfonamides is 1. The van der Waals surface area contributed by atoms with E-state index in [1.54, 1.807) is 31.2 Å². The Kier molecular flexibility index (Phi) is 7.48. The predicted octanol–water partition coefficient (Wildman–Crippen LogP) is 3.27. The number of nitrogens with zero attached hydrogens (tertiary/aromatic N) is 3. The number of esters is 1. The smallest absolute Gasteiger partial charge is 0.309 e. The van der Waals surface area contributed by atoms with Crippen molar-refractivity contribution in [3.05, 3.63) is 47.4 Å². The van der Waals surface area contributed by atoms with Gasteiger partial charge in [0.15, 0.2) is 0 Å². The van der Waals surface area contributed by atoms with Crippen LogP contribution in [0.15, 0.2) is 30.3 Å². The van der Waals surface area contributed by atoms with E-state index in [1.807, 2.05) is 13.8 Å². The van der Waals surface area contributed by atoms with Gasteiger partial charge in [0.25, 0.3) is 0 Å². The summed E-state index contributed by atoms with van der Waals surface area (Å²) in [7, 11) is -3.63. The molecule has 178 valence electrons. The number of halogens is 1. The molecular formula is C23H28FN3O5S. The predicted molar refractivity (Wildman–Crippen MR) is 124 cm³/mol. The highest BCUT2D eigenvalue weighted by Crippen LogP contribution is 2.32. The maximum atomic E-state index is 13.6. The molecule has 10 heteroatoms. The van der Waals surface area contributed by atoms with Gasteiger partial charge in [-0.25, -0.2) is 27.1 Å². The van der Waals surface area contributed by atoms with Crippen LogP contribution < -0.4 is 4.31 Å². The molecule has 1 aromatic carbocycles. The number of carbonyl (C=O) groups excluding carboxylic acids is 1. The van der Waals surface area contributed by atoms with Gasteiger partial charge in [-0.1, -0.05) is 19.9 Å². The largest absolute Gasteiger partial charge is 0.458 e. The van der Waals surface area contributed by atoms with Gasteiger partial charge in [0, 0.05) is 24.1 Å². The first-order valence-corrected chi connectivity index (χ1v) is 12.6. The number of ether oxygens (including phenoxy) is 1. The van der Waals surface area contributed by atoms with Gasteiger partial charge >= 0.3 is 5.97 Å². The fourth-order valence-electron chi connectivity index (χ4n) is 3.67. The van der Waals surface area contributed by atoms with Crippen molar-refractivity contribution < 1.29 is 27.4 Å². The van der Waals surface area contributed by atoms with E-state index in [-0.39, 0.29) is 31.3 Å². The highest BCUT2D eigenvalue weighted by atomic mass is 32.2. The summed E-state index contributed by atoms with van der Waals surface area (Å²) < 4.78 is 44.6. The molecule has 0 spiro atoms. The highest BCUT2D eigenvalue weighted by molar-refractivity contribution is 7.92. The Morgan fingerprint density at radius 3 is 2.48 bits per heavy atom. The van der Waals surface area contributed by atoms with Crippen molar-refractivity contribution >= 4 is 28.0 Å². The van der Waals surface area contributed by atoms with E-state index in [2.05, 4.69) is 9.97 Å². The maximum Gasteiger partial charge on any atom is 0.309 e. The fourth-order valence-corrected chi connectivity index (χ4v) is 4.52. The number of rotatable bonds is 7. The van der Waals surface area contributed by atoms with Gasteiger partial charge in [-0.05, 0) is 43.2 Å². The van der Waals surface area contributed by atoms with E-state index in [4.69, 9.17) is 4.74 Å². The zero-order chi connectivity index (χ0) is 24.3. The SMILES string of the molecule is CCN(c1nc(-c2ccc(F)cc2)c(C=CC2CC(O)CC(=O)O2)c(C(C)C)n1)S(C)(=O)=O. The number of anilines is 1. The lowest BCUT2D eigenvalue weighted by atomic mass is 9.97. The fraction of sp³-hybridized carbons (Fsp3) is 0.435. The molecule has 0 bridgehead atoms. The average Bonchev–Trinajstić information content (AvgIpc) is 2.71. The van der Waals surface area contributed by atoms with E-state index in [1.165, 1.54) is 12.1 Å². The van der Waals surface area contributed by atoms with Crippen LogP contribution in [0.4, 0.5) is 10.3 Å². The third-order valence-corrected chi connectivity index (χ3v) is 6.43. The van der Waals surface area contributed by atoms with Gasteiger partial charge in [0.2, 0.25) is 16.0 Å². The van der Waals surface area contributed by atoms with Crippen LogP contribution in [0.5, 0.6) is 0 Å². The van der Waals surface area contributed by atoms with Crippen molar-refractivity contribution in [3.63, 3.8) is 0 Å². The molecule has 2 unspecified atom stereocenters. The summed E-state index contributed by atoms with van der Waals surface area (Å²) in [5, 5.41) is 9.89. The summed E-state index contributed by atoms with van der Waals surface area (Å²) in [5.41, 5.74) is 2.18.